The zero-order chi connectivity index (χ0) is 21.2. The lowest BCUT2D eigenvalue weighted by molar-refractivity contribution is -0.0505. The first-order valence-corrected chi connectivity index (χ1v) is 8.84. The lowest BCUT2D eigenvalue weighted by Gasteiger charge is -2.15. The maximum Gasteiger partial charge on any atom is 0.387 e. The summed E-state index contributed by atoms with van der Waals surface area (Å²) in [6.07, 6.45) is 0. The molecule has 0 heterocycles. The van der Waals surface area contributed by atoms with Crippen LogP contribution in [0.25, 0.3) is 0 Å². The Kier molecular flexibility index (Phi) is 8.20. The van der Waals surface area contributed by atoms with E-state index in [-0.39, 0.29) is 18.2 Å². The zero-order valence-corrected chi connectivity index (χ0v) is 16.5. The van der Waals surface area contributed by atoms with Crippen molar-refractivity contribution in [1.82, 2.24) is 16.0 Å². The van der Waals surface area contributed by atoms with Crippen LogP contribution >= 0.6 is 0 Å². The predicted octanol–water partition coefficient (Wildman–Crippen LogP) is 2.52. The molecule has 2 rings (SSSR count). The lowest BCUT2D eigenvalue weighted by atomic mass is 10.1. The molecule has 0 aliphatic carbocycles. The molecule has 0 radical (unpaired) electrons. The van der Waals surface area contributed by atoms with E-state index >= 15 is 0 Å². The van der Waals surface area contributed by atoms with Crippen LogP contribution in [-0.2, 0) is 13.1 Å². The minimum atomic E-state index is -2.92. The summed E-state index contributed by atoms with van der Waals surface area (Å²) >= 11 is 0. The quantitative estimate of drug-likeness (QED) is 0.464. The van der Waals surface area contributed by atoms with E-state index in [1.54, 1.807) is 38.4 Å². The molecular formula is C20H24F2N4O3. The van der Waals surface area contributed by atoms with Crippen LogP contribution in [0.3, 0.4) is 0 Å². The molecule has 0 saturated carbocycles. The normalized spacial score (nSPS) is 11.2. The van der Waals surface area contributed by atoms with E-state index in [0.29, 0.717) is 29.4 Å². The number of nitrogens with one attached hydrogen (secondary N) is 3. The molecule has 9 heteroatoms. The molecule has 7 nitrogen and oxygen atoms in total. The highest BCUT2D eigenvalue weighted by atomic mass is 19.3. The molecule has 29 heavy (non-hydrogen) atoms. The Morgan fingerprint density at radius 1 is 1.10 bits per heavy atom. The topological polar surface area (TPSA) is 84.0 Å². The summed E-state index contributed by atoms with van der Waals surface area (Å²) in [5, 5.41) is 8.75. The van der Waals surface area contributed by atoms with Gasteiger partial charge < -0.3 is 25.4 Å². The van der Waals surface area contributed by atoms with Crippen LogP contribution in [0.1, 0.15) is 21.5 Å². The maximum atomic E-state index is 12.6. The molecule has 0 saturated heterocycles. The molecule has 2 aromatic rings. The van der Waals surface area contributed by atoms with Gasteiger partial charge in [-0.25, -0.2) is 0 Å². The molecular weight excluding hydrogens is 382 g/mol. The first-order chi connectivity index (χ1) is 14.0. The van der Waals surface area contributed by atoms with Crippen LogP contribution in [0.2, 0.25) is 0 Å². The number of methoxy groups -OCH3 is 1. The van der Waals surface area contributed by atoms with Gasteiger partial charge in [0.05, 0.1) is 7.11 Å². The SMILES string of the molecule is CN=C(NCc1ccc(C(=O)NC)cc1)NCc1cc(OC)ccc1OC(F)F. The van der Waals surface area contributed by atoms with E-state index in [0.717, 1.165) is 5.56 Å². The number of alkyl halides is 2. The van der Waals surface area contributed by atoms with Crippen LogP contribution in [0, 0.1) is 0 Å². The number of hydrogen-bond donors (Lipinski definition) is 3. The Balaban J connectivity index is 1.97. The molecule has 156 valence electrons. The smallest absolute Gasteiger partial charge is 0.387 e. The molecule has 3 N–H and O–H groups in total. The standard InChI is InChI=1S/C20H24F2N4O3/c1-23-18(27)14-6-4-13(5-7-14)11-25-20(24-2)26-12-15-10-16(28-3)8-9-17(15)29-19(21)22/h4-10,19H,11-12H2,1-3H3,(H,23,27)(H2,24,25,26). The number of carbonyl (C=O) groups is 1. The number of amides is 1. The van der Waals surface area contributed by atoms with Gasteiger partial charge in [-0.3, -0.25) is 9.79 Å². The fraction of sp³-hybridized carbons (Fsp3) is 0.300. The van der Waals surface area contributed by atoms with Gasteiger partial charge in [0.25, 0.3) is 5.91 Å². The molecule has 0 spiro atoms. The molecule has 0 aliphatic heterocycles. The first-order valence-electron chi connectivity index (χ1n) is 8.84. The second-order valence-corrected chi connectivity index (χ2v) is 5.91. The molecule has 1 amide bonds. The number of ether oxygens (including phenoxy) is 2. The van der Waals surface area contributed by atoms with E-state index in [1.807, 2.05) is 12.1 Å². The zero-order valence-electron chi connectivity index (χ0n) is 16.5. The van der Waals surface area contributed by atoms with Crippen LogP contribution in [-0.4, -0.2) is 39.7 Å². The summed E-state index contributed by atoms with van der Waals surface area (Å²) in [6, 6.07) is 11.7. The van der Waals surface area contributed by atoms with Crippen molar-refractivity contribution < 1.29 is 23.0 Å². The Morgan fingerprint density at radius 3 is 2.38 bits per heavy atom. The third-order valence-corrected chi connectivity index (χ3v) is 4.06. The van der Waals surface area contributed by atoms with Crippen molar-refractivity contribution >= 4 is 11.9 Å². The van der Waals surface area contributed by atoms with Gasteiger partial charge in [-0.2, -0.15) is 8.78 Å². The van der Waals surface area contributed by atoms with E-state index in [1.165, 1.54) is 13.2 Å². The first kappa shape index (κ1) is 21.9. The number of aliphatic imine (C=N–C) groups is 1. The summed E-state index contributed by atoms with van der Waals surface area (Å²) < 4.78 is 34.9. The summed E-state index contributed by atoms with van der Waals surface area (Å²) in [5.41, 5.74) is 2.02. The molecule has 0 unspecified atom stereocenters. The number of benzene rings is 2. The summed E-state index contributed by atoms with van der Waals surface area (Å²) in [4.78, 5) is 15.7. The maximum absolute atomic E-state index is 12.6. The average Bonchev–Trinajstić information content (AvgIpc) is 2.74. The van der Waals surface area contributed by atoms with Crippen LogP contribution in [0.15, 0.2) is 47.5 Å². The molecule has 0 aromatic heterocycles. The number of nitrogens with zero attached hydrogens (tertiary/aromatic N) is 1. The molecule has 0 bridgehead atoms. The third kappa shape index (κ3) is 6.63. The second kappa shape index (κ2) is 10.8. The van der Waals surface area contributed by atoms with Crippen LogP contribution in [0.5, 0.6) is 11.5 Å². The van der Waals surface area contributed by atoms with Crippen molar-refractivity contribution in [3.63, 3.8) is 0 Å². The van der Waals surface area contributed by atoms with Crippen molar-refractivity contribution in [2.24, 2.45) is 4.99 Å². The molecule has 0 atom stereocenters. The fourth-order valence-corrected chi connectivity index (χ4v) is 2.54. The van der Waals surface area contributed by atoms with Gasteiger partial charge in [0.15, 0.2) is 5.96 Å². The van der Waals surface area contributed by atoms with E-state index in [9.17, 15) is 13.6 Å². The highest BCUT2D eigenvalue weighted by Crippen LogP contribution is 2.25. The van der Waals surface area contributed by atoms with Gasteiger partial charge in [0.1, 0.15) is 11.5 Å². The number of hydrogen-bond acceptors (Lipinski definition) is 4. The Bertz CT molecular complexity index is 842. The largest absolute Gasteiger partial charge is 0.497 e. The van der Waals surface area contributed by atoms with Gasteiger partial charge in [0, 0.05) is 38.3 Å². The number of guanidine groups is 1. The fourth-order valence-electron chi connectivity index (χ4n) is 2.54. The van der Waals surface area contributed by atoms with Gasteiger partial charge in [-0.1, -0.05) is 12.1 Å². The van der Waals surface area contributed by atoms with Gasteiger partial charge in [-0.15, -0.1) is 0 Å². The Labute approximate surface area is 168 Å². The minimum absolute atomic E-state index is 0.0635. The monoisotopic (exact) mass is 406 g/mol. The second-order valence-electron chi connectivity index (χ2n) is 5.91. The number of carbonyl (C=O) groups excluding carboxylic acids is 1. The van der Waals surface area contributed by atoms with Crippen LogP contribution < -0.4 is 25.4 Å². The van der Waals surface area contributed by atoms with Crippen molar-refractivity contribution in [3.05, 3.63) is 59.2 Å². The van der Waals surface area contributed by atoms with Crippen LogP contribution in [0.4, 0.5) is 8.78 Å². The Morgan fingerprint density at radius 2 is 1.79 bits per heavy atom. The van der Waals surface area contributed by atoms with Crippen molar-refractivity contribution in [2.75, 3.05) is 21.2 Å². The Hall–Kier alpha value is -3.36. The lowest BCUT2D eigenvalue weighted by Crippen LogP contribution is -2.36. The van der Waals surface area contributed by atoms with Gasteiger partial charge in [-0.05, 0) is 35.9 Å². The molecule has 0 fully saturated rings. The number of halogens is 2. The summed E-state index contributed by atoms with van der Waals surface area (Å²) in [6.45, 7) is -2.25. The van der Waals surface area contributed by atoms with Gasteiger partial charge in [0.2, 0.25) is 0 Å². The van der Waals surface area contributed by atoms with Crippen molar-refractivity contribution in [3.8, 4) is 11.5 Å². The summed E-state index contributed by atoms with van der Waals surface area (Å²) in [5.74, 6) is 0.921. The minimum Gasteiger partial charge on any atom is -0.497 e. The van der Waals surface area contributed by atoms with E-state index in [2.05, 4.69) is 25.7 Å². The average molecular weight is 406 g/mol. The van der Waals surface area contributed by atoms with Crippen molar-refractivity contribution in [1.29, 1.82) is 0 Å². The van der Waals surface area contributed by atoms with E-state index in [4.69, 9.17) is 4.74 Å². The molecule has 2 aromatic carbocycles. The highest BCUT2D eigenvalue weighted by Gasteiger charge is 2.12. The summed E-state index contributed by atoms with van der Waals surface area (Å²) in [7, 11) is 4.68. The number of rotatable bonds is 8. The predicted molar refractivity (Wildman–Crippen MR) is 106 cm³/mol. The van der Waals surface area contributed by atoms with Crippen molar-refractivity contribution in [2.45, 2.75) is 19.7 Å². The van der Waals surface area contributed by atoms with Gasteiger partial charge >= 0.3 is 6.61 Å². The highest BCUT2D eigenvalue weighted by molar-refractivity contribution is 5.93. The van der Waals surface area contributed by atoms with E-state index < -0.39 is 6.61 Å². The molecule has 0 aliphatic rings. The third-order valence-electron chi connectivity index (χ3n) is 4.06.